The van der Waals surface area contributed by atoms with Gasteiger partial charge in [-0.2, -0.15) is 0 Å². The van der Waals surface area contributed by atoms with Crippen LogP contribution in [0.5, 0.6) is 0 Å². The van der Waals surface area contributed by atoms with Crippen LogP contribution < -0.4 is 15.5 Å². The van der Waals surface area contributed by atoms with Crippen molar-refractivity contribution in [2.24, 2.45) is 10.9 Å². The molecule has 8 nitrogen and oxygen atoms in total. The number of carbonyl (C=O) groups is 1. The molecule has 0 saturated carbocycles. The van der Waals surface area contributed by atoms with Gasteiger partial charge in [0, 0.05) is 35.9 Å². The molecular formula is C22H23N7O. The fraction of sp³-hybridized carbons (Fsp3) is 0.318. The minimum absolute atomic E-state index is 0.0538. The number of hydrogen-bond donors (Lipinski definition) is 2. The van der Waals surface area contributed by atoms with Crippen LogP contribution in [0, 0.1) is 5.92 Å². The summed E-state index contributed by atoms with van der Waals surface area (Å²) in [5, 5.41) is 7.25. The molecule has 0 bridgehead atoms. The van der Waals surface area contributed by atoms with Crippen LogP contribution in [0.4, 0.5) is 17.5 Å². The number of hydrogen-bond acceptors (Lipinski definition) is 7. The van der Waals surface area contributed by atoms with Crippen LogP contribution in [-0.2, 0) is 11.3 Å². The van der Waals surface area contributed by atoms with E-state index in [1.807, 2.05) is 24.4 Å². The summed E-state index contributed by atoms with van der Waals surface area (Å²) in [7, 11) is 0. The van der Waals surface area contributed by atoms with Crippen molar-refractivity contribution in [2.75, 3.05) is 29.9 Å². The number of nitrogens with zero attached hydrogens (tertiary/aromatic N) is 5. The molecule has 1 fully saturated rings. The standard InChI is InChI=1S/C22H23N7O/c1-13(2)20-19-14(9-25-20)3-4-15-10-26-22(28-21(15)19)27-17-6-5-16(11-24-17)29-8-7-23-12-18(29)30/h3-6,10-11,13,23H,7-9,12H2,1-2H3,(H,24,26,27,28). The van der Waals surface area contributed by atoms with Gasteiger partial charge in [0.25, 0.3) is 0 Å². The second kappa shape index (κ2) is 7.46. The van der Waals surface area contributed by atoms with E-state index >= 15 is 0 Å². The first-order chi connectivity index (χ1) is 14.6. The first-order valence-corrected chi connectivity index (χ1v) is 10.2. The lowest BCUT2D eigenvalue weighted by Crippen LogP contribution is -2.48. The highest BCUT2D eigenvalue weighted by Crippen LogP contribution is 2.30. The summed E-state index contributed by atoms with van der Waals surface area (Å²) in [5.41, 5.74) is 5.15. The van der Waals surface area contributed by atoms with Crippen molar-refractivity contribution in [1.82, 2.24) is 20.3 Å². The van der Waals surface area contributed by atoms with E-state index < -0.39 is 0 Å². The predicted octanol–water partition coefficient (Wildman–Crippen LogP) is 2.66. The number of nitrogens with one attached hydrogen (secondary N) is 2. The Morgan fingerprint density at radius 2 is 2.03 bits per heavy atom. The van der Waals surface area contributed by atoms with Gasteiger partial charge >= 0.3 is 0 Å². The SMILES string of the molecule is CC(C)C1=NCc2ccc3cnc(Nc4ccc(N5CCNCC5=O)cn4)nc3c21. The second-order valence-corrected chi connectivity index (χ2v) is 7.84. The molecule has 3 aromatic rings. The normalized spacial score (nSPS) is 16.2. The van der Waals surface area contributed by atoms with E-state index in [1.165, 1.54) is 5.56 Å². The van der Waals surface area contributed by atoms with Crippen LogP contribution in [0.25, 0.3) is 10.9 Å². The lowest BCUT2D eigenvalue weighted by molar-refractivity contribution is -0.118. The minimum Gasteiger partial charge on any atom is -0.309 e. The molecule has 2 aromatic heterocycles. The summed E-state index contributed by atoms with van der Waals surface area (Å²) < 4.78 is 0. The Balaban J connectivity index is 1.43. The molecular weight excluding hydrogens is 378 g/mol. The lowest BCUT2D eigenvalue weighted by atomic mass is 9.96. The molecule has 0 atom stereocenters. The molecule has 2 N–H and O–H groups in total. The van der Waals surface area contributed by atoms with Crippen LogP contribution >= 0.6 is 0 Å². The summed E-state index contributed by atoms with van der Waals surface area (Å²) in [6.45, 7) is 6.80. The van der Waals surface area contributed by atoms with Gasteiger partial charge in [0.1, 0.15) is 5.82 Å². The van der Waals surface area contributed by atoms with Crippen molar-refractivity contribution in [3.05, 3.63) is 47.8 Å². The first kappa shape index (κ1) is 18.6. The van der Waals surface area contributed by atoms with Crippen molar-refractivity contribution in [1.29, 1.82) is 0 Å². The number of pyridine rings is 1. The zero-order valence-electron chi connectivity index (χ0n) is 17.0. The highest BCUT2D eigenvalue weighted by atomic mass is 16.2. The summed E-state index contributed by atoms with van der Waals surface area (Å²) in [6, 6.07) is 7.90. The van der Waals surface area contributed by atoms with Gasteiger partial charge in [-0.15, -0.1) is 0 Å². The molecule has 152 valence electrons. The lowest BCUT2D eigenvalue weighted by Gasteiger charge is -2.27. The highest BCUT2D eigenvalue weighted by Gasteiger charge is 2.23. The molecule has 2 aliphatic rings. The van der Waals surface area contributed by atoms with Crippen molar-refractivity contribution >= 4 is 40.0 Å². The molecule has 5 rings (SSSR count). The van der Waals surface area contributed by atoms with Crippen LogP contribution in [0.1, 0.15) is 25.0 Å². The number of aliphatic imine (C=N–C) groups is 1. The fourth-order valence-electron chi connectivity index (χ4n) is 3.95. The molecule has 30 heavy (non-hydrogen) atoms. The Bertz CT molecular complexity index is 1150. The largest absolute Gasteiger partial charge is 0.309 e. The van der Waals surface area contributed by atoms with Crippen LogP contribution in [0.15, 0.2) is 41.7 Å². The number of benzene rings is 1. The van der Waals surface area contributed by atoms with Gasteiger partial charge in [-0.1, -0.05) is 26.0 Å². The Morgan fingerprint density at radius 1 is 1.13 bits per heavy atom. The fourth-order valence-corrected chi connectivity index (χ4v) is 3.95. The zero-order chi connectivity index (χ0) is 20.7. The van der Waals surface area contributed by atoms with Crippen molar-refractivity contribution < 1.29 is 4.79 Å². The quantitative estimate of drug-likeness (QED) is 0.698. The van der Waals surface area contributed by atoms with Gasteiger partial charge in [0.05, 0.1) is 30.5 Å². The van der Waals surface area contributed by atoms with E-state index in [4.69, 9.17) is 9.98 Å². The number of rotatable bonds is 4. The smallest absolute Gasteiger partial charge is 0.241 e. The highest BCUT2D eigenvalue weighted by molar-refractivity contribution is 6.13. The second-order valence-electron chi connectivity index (χ2n) is 7.84. The van der Waals surface area contributed by atoms with Gasteiger partial charge < -0.3 is 15.5 Å². The monoisotopic (exact) mass is 401 g/mol. The summed E-state index contributed by atoms with van der Waals surface area (Å²) in [4.78, 5) is 32.2. The average Bonchev–Trinajstić information content (AvgIpc) is 3.20. The Labute approximate surface area is 174 Å². The van der Waals surface area contributed by atoms with E-state index in [0.717, 1.165) is 34.4 Å². The number of fused-ring (bicyclic) bond motifs is 3. The van der Waals surface area contributed by atoms with Crippen molar-refractivity contribution in [3.63, 3.8) is 0 Å². The summed E-state index contributed by atoms with van der Waals surface area (Å²) in [6.07, 6.45) is 3.53. The maximum absolute atomic E-state index is 12.1. The number of piperazine rings is 1. The summed E-state index contributed by atoms with van der Waals surface area (Å²) >= 11 is 0. The Kier molecular flexibility index (Phi) is 4.63. The molecule has 1 amide bonds. The molecule has 1 aromatic carbocycles. The molecule has 0 aliphatic carbocycles. The van der Waals surface area contributed by atoms with E-state index in [-0.39, 0.29) is 5.91 Å². The Morgan fingerprint density at radius 3 is 2.80 bits per heavy atom. The molecule has 4 heterocycles. The molecule has 8 heteroatoms. The first-order valence-electron chi connectivity index (χ1n) is 10.2. The number of anilines is 3. The third-order valence-electron chi connectivity index (χ3n) is 5.45. The molecule has 2 aliphatic heterocycles. The van der Waals surface area contributed by atoms with E-state index in [9.17, 15) is 4.79 Å². The van der Waals surface area contributed by atoms with E-state index in [2.05, 4.69) is 40.5 Å². The average molecular weight is 401 g/mol. The van der Waals surface area contributed by atoms with Gasteiger partial charge in [-0.3, -0.25) is 9.79 Å². The number of carbonyl (C=O) groups excluding carboxylic acids is 1. The minimum atomic E-state index is 0.0538. The van der Waals surface area contributed by atoms with Gasteiger partial charge in [0.2, 0.25) is 11.9 Å². The number of amides is 1. The van der Waals surface area contributed by atoms with Crippen LogP contribution in [-0.4, -0.2) is 46.2 Å². The number of aromatic nitrogens is 3. The topological polar surface area (TPSA) is 95.4 Å². The van der Waals surface area contributed by atoms with Crippen LogP contribution in [0.2, 0.25) is 0 Å². The molecule has 0 spiro atoms. The van der Waals surface area contributed by atoms with Gasteiger partial charge in [0.15, 0.2) is 0 Å². The molecule has 1 saturated heterocycles. The maximum atomic E-state index is 12.1. The molecule has 0 unspecified atom stereocenters. The maximum Gasteiger partial charge on any atom is 0.241 e. The van der Waals surface area contributed by atoms with E-state index in [0.29, 0.717) is 37.3 Å². The third kappa shape index (κ3) is 3.29. The summed E-state index contributed by atoms with van der Waals surface area (Å²) in [5.74, 6) is 1.51. The zero-order valence-corrected chi connectivity index (χ0v) is 17.0. The van der Waals surface area contributed by atoms with Gasteiger partial charge in [-0.05, 0) is 23.6 Å². The predicted molar refractivity (Wildman–Crippen MR) is 117 cm³/mol. The molecule has 0 radical (unpaired) electrons. The third-order valence-corrected chi connectivity index (χ3v) is 5.45. The van der Waals surface area contributed by atoms with Crippen LogP contribution in [0.3, 0.4) is 0 Å². The van der Waals surface area contributed by atoms with Gasteiger partial charge in [-0.25, -0.2) is 15.0 Å². The van der Waals surface area contributed by atoms with E-state index in [1.54, 1.807) is 11.1 Å². The Hall–Kier alpha value is -3.39. The van der Waals surface area contributed by atoms with Crippen molar-refractivity contribution in [3.8, 4) is 0 Å². The van der Waals surface area contributed by atoms with Crippen molar-refractivity contribution in [2.45, 2.75) is 20.4 Å².